The molecule has 0 fully saturated rings. The smallest absolute Gasteiger partial charge is 2.00 e. The normalized spacial score (nSPS) is 5.50. The Kier molecular flexibility index (Phi) is 12.8. The molecule has 0 aliphatic rings. The molecule has 0 aliphatic carbocycles. The van der Waals surface area contributed by atoms with Crippen LogP contribution in [0.5, 0.6) is 0 Å². The average molecular weight is 171 g/mol. The molecule has 0 aliphatic heterocycles. The van der Waals surface area contributed by atoms with Crippen LogP contribution in [0.1, 0.15) is 0 Å². The molecular formula is C2H2O5Zn. The number of aliphatic carboxylic acids is 2. The second-order valence-corrected chi connectivity index (χ2v) is 0.610. The van der Waals surface area contributed by atoms with E-state index in [0.29, 0.717) is 0 Å². The van der Waals surface area contributed by atoms with E-state index in [9.17, 15) is 0 Å². The van der Waals surface area contributed by atoms with Crippen LogP contribution in [0, 0.1) is 0 Å². The molecule has 0 amide bonds. The van der Waals surface area contributed by atoms with E-state index >= 15 is 0 Å². The molecule has 8 heavy (non-hydrogen) atoms. The quantitative estimate of drug-likeness (QED) is 0.362. The molecular weight excluding hydrogens is 169 g/mol. The number of rotatable bonds is 0. The van der Waals surface area contributed by atoms with Gasteiger partial charge in [-0.05, 0) is 0 Å². The largest absolute Gasteiger partial charge is 2.00 e. The van der Waals surface area contributed by atoms with Crippen molar-refractivity contribution in [1.29, 1.82) is 0 Å². The fourth-order valence-corrected chi connectivity index (χ4v) is 0. The SMILES string of the molecule is O=C(O)C(=O)O.[O-2].[Zn+2]. The molecule has 0 rings (SSSR count). The van der Waals surface area contributed by atoms with Crippen LogP contribution in [-0.2, 0) is 34.5 Å². The summed E-state index contributed by atoms with van der Waals surface area (Å²) in [6, 6.07) is 0. The number of hydrogen-bond donors (Lipinski definition) is 2. The Balaban J connectivity index is -0.000000125. The molecule has 42 valence electrons. The van der Waals surface area contributed by atoms with Gasteiger partial charge in [0.25, 0.3) is 0 Å². The van der Waals surface area contributed by atoms with Crippen molar-refractivity contribution in [2.24, 2.45) is 0 Å². The van der Waals surface area contributed by atoms with Crippen LogP contribution >= 0.6 is 0 Å². The monoisotopic (exact) mass is 170 g/mol. The summed E-state index contributed by atoms with van der Waals surface area (Å²) in [5.41, 5.74) is 0. The Hall–Kier alpha value is -0.477. The molecule has 0 bridgehead atoms. The van der Waals surface area contributed by atoms with Gasteiger partial charge in [0.15, 0.2) is 0 Å². The van der Waals surface area contributed by atoms with Gasteiger partial charge in [-0.2, -0.15) is 0 Å². The van der Waals surface area contributed by atoms with Crippen LogP contribution in [0.4, 0.5) is 0 Å². The molecule has 5 nitrogen and oxygen atoms in total. The van der Waals surface area contributed by atoms with E-state index < -0.39 is 11.9 Å². The van der Waals surface area contributed by atoms with Gasteiger partial charge in [-0.15, -0.1) is 0 Å². The van der Waals surface area contributed by atoms with Gasteiger partial charge < -0.3 is 15.7 Å². The molecule has 0 heterocycles. The van der Waals surface area contributed by atoms with Crippen LogP contribution in [0.25, 0.3) is 0 Å². The number of hydrogen-bond acceptors (Lipinski definition) is 2. The van der Waals surface area contributed by atoms with Crippen LogP contribution in [0.2, 0.25) is 0 Å². The predicted octanol–water partition coefficient (Wildman–Crippen LogP) is -0.966. The van der Waals surface area contributed by atoms with Crippen LogP contribution in [0.3, 0.4) is 0 Å². The van der Waals surface area contributed by atoms with E-state index in [4.69, 9.17) is 19.8 Å². The zero-order chi connectivity index (χ0) is 5.15. The molecule has 0 spiro atoms. The van der Waals surface area contributed by atoms with Gasteiger partial charge in [-0.1, -0.05) is 0 Å². The summed E-state index contributed by atoms with van der Waals surface area (Å²) in [4.78, 5) is 18.2. The topological polar surface area (TPSA) is 103 Å². The molecule has 6 heteroatoms. The molecule has 0 saturated heterocycles. The maximum Gasteiger partial charge on any atom is 2.00 e. The van der Waals surface area contributed by atoms with Crippen molar-refractivity contribution in [3.05, 3.63) is 0 Å². The first-order valence-corrected chi connectivity index (χ1v) is 1.11. The predicted molar refractivity (Wildman–Crippen MR) is 16.0 cm³/mol. The summed E-state index contributed by atoms with van der Waals surface area (Å²) in [5, 5.41) is 14.8. The first-order valence-electron chi connectivity index (χ1n) is 1.11. The van der Waals surface area contributed by atoms with Crippen molar-refractivity contribution in [1.82, 2.24) is 0 Å². The summed E-state index contributed by atoms with van der Waals surface area (Å²) in [6.07, 6.45) is 0. The van der Waals surface area contributed by atoms with Crippen molar-refractivity contribution >= 4 is 11.9 Å². The van der Waals surface area contributed by atoms with Crippen LogP contribution < -0.4 is 0 Å². The van der Waals surface area contributed by atoms with Crippen molar-refractivity contribution in [3.63, 3.8) is 0 Å². The van der Waals surface area contributed by atoms with E-state index in [1.807, 2.05) is 0 Å². The van der Waals surface area contributed by atoms with Gasteiger partial charge in [0.1, 0.15) is 0 Å². The van der Waals surface area contributed by atoms with Gasteiger partial charge in [0.2, 0.25) is 0 Å². The standard InChI is InChI=1S/C2H2O4.O.Zn/c3-1(4)2(5)6;;/h(H,3,4)(H,5,6);;/q;-2;+2. The number of carbonyl (C=O) groups is 2. The summed E-state index contributed by atoms with van der Waals surface area (Å²) >= 11 is 0. The second-order valence-electron chi connectivity index (χ2n) is 0.610. The van der Waals surface area contributed by atoms with Crippen LogP contribution in [-0.4, -0.2) is 22.2 Å². The zero-order valence-electron chi connectivity index (χ0n) is 3.83. The molecule has 0 atom stereocenters. The van der Waals surface area contributed by atoms with E-state index in [2.05, 4.69) is 0 Å². The molecule has 0 unspecified atom stereocenters. The van der Waals surface area contributed by atoms with Crippen molar-refractivity contribution in [2.75, 3.05) is 0 Å². The number of carboxylic acids is 2. The van der Waals surface area contributed by atoms with Gasteiger partial charge in [0, 0.05) is 0 Å². The average Bonchev–Trinajstić information content (AvgIpc) is 1.36. The van der Waals surface area contributed by atoms with Gasteiger partial charge in [0.05, 0.1) is 0 Å². The van der Waals surface area contributed by atoms with Crippen molar-refractivity contribution < 1.29 is 44.8 Å². The first kappa shape index (κ1) is 15.6. The Morgan fingerprint density at radius 2 is 1.12 bits per heavy atom. The Labute approximate surface area is 57.4 Å². The van der Waals surface area contributed by atoms with Crippen molar-refractivity contribution in [2.45, 2.75) is 0 Å². The summed E-state index contributed by atoms with van der Waals surface area (Å²) in [6.45, 7) is 0. The minimum Gasteiger partial charge on any atom is -2.00 e. The fraction of sp³-hybridized carbons (Fsp3) is 0. The number of carboxylic acid groups (broad SMARTS) is 2. The molecule has 0 aromatic carbocycles. The first-order chi connectivity index (χ1) is 2.64. The van der Waals surface area contributed by atoms with Gasteiger partial charge in [-0.3, -0.25) is 0 Å². The zero-order valence-corrected chi connectivity index (χ0v) is 6.79. The third-order valence-electron chi connectivity index (χ3n) is 0.183. The molecule has 0 radical (unpaired) electrons. The summed E-state index contributed by atoms with van der Waals surface area (Å²) < 4.78 is 0. The third-order valence-corrected chi connectivity index (χ3v) is 0.183. The minimum atomic E-state index is -1.82. The maximum absolute atomic E-state index is 9.10. The maximum atomic E-state index is 9.10. The molecule has 0 aromatic heterocycles. The van der Waals surface area contributed by atoms with E-state index in [0.717, 1.165) is 0 Å². The van der Waals surface area contributed by atoms with Gasteiger partial charge in [-0.25, -0.2) is 9.59 Å². The minimum absolute atomic E-state index is 0. The van der Waals surface area contributed by atoms with E-state index in [1.54, 1.807) is 0 Å². The third kappa shape index (κ3) is 9.10. The van der Waals surface area contributed by atoms with Crippen molar-refractivity contribution in [3.8, 4) is 0 Å². The van der Waals surface area contributed by atoms with Crippen LogP contribution in [0.15, 0.2) is 0 Å². The molecule has 0 aromatic rings. The Bertz CT molecular complexity index is 76.4. The summed E-state index contributed by atoms with van der Waals surface area (Å²) in [5.74, 6) is -3.65. The molecule has 2 N–H and O–H groups in total. The van der Waals surface area contributed by atoms with E-state index in [-0.39, 0.29) is 25.0 Å². The molecule has 0 saturated carbocycles. The van der Waals surface area contributed by atoms with E-state index in [1.165, 1.54) is 0 Å². The Morgan fingerprint density at radius 3 is 1.12 bits per heavy atom. The second kappa shape index (κ2) is 6.52. The Morgan fingerprint density at radius 1 is 1.00 bits per heavy atom. The summed E-state index contributed by atoms with van der Waals surface area (Å²) in [7, 11) is 0. The fourth-order valence-electron chi connectivity index (χ4n) is 0. The van der Waals surface area contributed by atoms with Gasteiger partial charge >= 0.3 is 31.4 Å².